The van der Waals surface area contributed by atoms with Crippen molar-refractivity contribution in [2.24, 2.45) is 7.05 Å². The zero-order valence-electron chi connectivity index (χ0n) is 13.2. The van der Waals surface area contributed by atoms with E-state index < -0.39 is 0 Å². The molecule has 3 heteroatoms. The summed E-state index contributed by atoms with van der Waals surface area (Å²) in [5.41, 5.74) is 6.51. The van der Waals surface area contributed by atoms with E-state index in [4.69, 9.17) is 0 Å². The summed E-state index contributed by atoms with van der Waals surface area (Å²) in [6.07, 6.45) is 2.05. The molecule has 1 aromatic carbocycles. The normalized spacial score (nSPS) is 12.7. The van der Waals surface area contributed by atoms with Crippen molar-refractivity contribution in [1.82, 2.24) is 15.1 Å². The van der Waals surface area contributed by atoms with Gasteiger partial charge in [0, 0.05) is 25.2 Å². The van der Waals surface area contributed by atoms with E-state index in [1.165, 1.54) is 22.4 Å². The first-order chi connectivity index (χ1) is 9.49. The standard InChI is InChI=1S/C17H25N3/c1-12-6-7-13(2)15(8-12)10-16(18-4)11-17-9-14(3)19-20(17)5/h6-9,16,18H,10-11H2,1-5H3. The Kier molecular flexibility index (Phi) is 4.61. The fourth-order valence-electron chi connectivity index (χ4n) is 2.67. The first-order valence-electron chi connectivity index (χ1n) is 7.22. The van der Waals surface area contributed by atoms with Crippen LogP contribution in [0.4, 0.5) is 0 Å². The maximum atomic E-state index is 4.43. The molecule has 0 aliphatic carbocycles. The molecule has 0 saturated heterocycles. The van der Waals surface area contributed by atoms with E-state index in [0.29, 0.717) is 6.04 Å². The lowest BCUT2D eigenvalue weighted by atomic mass is 9.96. The molecule has 1 heterocycles. The third-order valence-corrected chi connectivity index (χ3v) is 3.93. The maximum absolute atomic E-state index is 4.43. The molecule has 1 atom stereocenters. The van der Waals surface area contributed by atoms with Gasteiger partial charge in [0.15, 0.2) is 0 Å². The summed E-state index contributed by atoms with van der Waals surface area (Å²) < 4.78 is 1.99. The summed E-state index contributed by atoms with van der Waals surface area (Å²) in [6, 6.07) is 9.30. The van der Waals surface area contributed by atoms with Gasteiger partial charge in [0.1, 0.15) is 0 Å². The molecular formula is C17H25N3. The van der Waals surface area contributed by atoms with Gasteiger partial charge in [-0.15, -0.1) is 0 Å². The third kappa shape index (κ3) is 3.48. The van der Waals surface area contributed by atoms with Gasteiger partial charge in [0.25, 0.3) is 0 Å². The van der Waals surface area contributed by atoms with Crippen molar-refractivity contribution < 1.29 is 0 Å². The molecule has 3 nitrogen and oxygen atoms in total. The molecule has 108 valence electrons. The summed E-state index contributed by atoms with van der Waals surface area (Å²) in [5, 5.41) is 7.87. The molecule has 2 rings (SSSR count). The number of benzene rings is 1. The van der Waals surface area contributed by atoms with Crippen LogP contribution in [0.25, 0.3) is 0 Å². The molecule has 2 aromatic rings. The van der Waals surface area contributed by atoms with E-state index in [-0.39, 0.29) is 0 Å². The monoisotopic (exact) mass is 271 g/mol. The Balaban J connectivity index is 2.13. The second-order valence-corrected chi connectivity index (χ2v) is 5.72. The molecule has 0 fully saturated rings. The number of rotatable bonds is 5. The molecule has 0 aliphatic rings. The number of hydrogen-bond donors (Lipinski definition) is 1. The van der Waals surface area contributed by atoms with Crippen LogP contribution < -0.4 is 5.32 Å². The van der Waals surface area contributed by atoms with Gasteiger partial charge in [0.05, 0.1) is 5.69 Å². The largest absolute Gasteiger partial charge is 0.316 e. The predicted molar refractivity (Wildman–Crippen MR) is 84.1 cm³/mol. The van der Waals surface area contributed by atoms with E-state index in [0.717, 1.165) is 18.5 Å². The number of nitrogens with zero attached hydrogens (tertiary/aromatic N) is 2. The zero-order chi connectivity index (χ0) is 14.7. The van der Waals surface area contributed by atoms with Crippen LogP contribution in [0.1, 0.15) is 28.1 Å². The van der Waals surface area contributed by atoms with Crippen molar-refractivity contribution in [3.63, 3.8) is 0 Å². The van der Waals surface area contributed by atoms with Crippen LogP contribution in [0.2, 0.25) is 0 Å². The summed E-state index contributed by atoms with van der Waals surface area (Å²) in [4.78, 5) is 0. The molecule has 1 unspecified atom stereocenters. The summed E-state index contributed by atoms with van der Waals surface area (Å²) in [5.74, 6) is 0. The Morgan fingerprint density at radius 3 is 2.50 bits per heavy atom. The molecule has 1 aromatic heterocycles. The molecule has 20 heavy (non-hydrogen) atoms. The van der Waals surface area contributed by atoms with E-state index in [9.17, 15) is 0 Å². The number of aryl methyl sites for hydroxylation is 4. The Morgan fingerprint density at radius 2 is 1.90 bits per heavy atom. The molecule has 0 spiro atoms. The van der Waals surface area contributed by atoms with E-state index in [1.54, 1.807) is 0 Å². The van der Waals surface area contributed by atoms with Crippen LogP contribution in [0, 0.1) is 20.8 Å². The van der Waals surface area contributed by atoms with Crippen molar-refractivity contribution >= 4 is 0 Å². The highest BCUT2D eigenvalue weighted by atomic mass is 15.3. The van der Waals surface area contributed by atoms with Crippen LogP contribution in [0.15, 0.2) is 24.3 Å². The Labute approximate surface area is 122 Å². The smallest absolute Gasteiger partial charge is 0.0596 e. The van der Waals surface area contributed by atoms with Crippen molar-refractivity contribution in [3.05, 3.63) is 52.3 Å². The maximum Gasteiger partial charge on any atom is 0.0596 e. The van der Waals surface area contributed by atoms with Gasteiger partial charge >= 0.3 is 0 Å². The van der Waals surface area contributed by atoms with Gasteiger partial charge in [-0.1, -0.05) is 23.8 Å². The minimum Gasteiger partial charge on any atom is -0.316 e. The highest BCUT2D eigenvalue weighted by Gasteiger charge is 2.13. The van der Waals surface area contributed by atoms with Gasteiger partial charge < -0.3 is 5.32 Å². The predicted octanol–water partition coefficient (Wildman–Crippen LogP) is 2.72. The first kappa shape index (κ1) is 14.8. The van der Waals surface area contributed by atoms with Crippen molar-refractivity contribution in [2.75, 3.05) is 7.05 Å². The van der Waals surface area contributed by atoms with Crippen LogP contribution in [0.5, 0.6) is 0 Å². The average Bonchev–Trinajstić information content (AvgIpc) is 2.71. The van der Waals surface area contributed by atoms with Gasteiger partial charge in [-0.3, -0.25) is 4.68 Å². The van der Waals surface area contributed by atoms with Gasteiger partial charge in [-0.25, -0.2) is 0 Å². The Hall–Kier alpha value is -1.61. The summed E-state index contributed by atoms with van der Waals surface area (Å²) in [7, 11) is 4.06. The molecular weight excluding hydrogens is 246 g/mol. The minimum atomic E-state index is 0.435. The van der Waals surface area contributed by atoms with Crippen LogP contribution in [-0.2, 0) is 19.9 Å². The van der Waals surface area contributed by atoms with Crippen molar-refractivity contribution in [2.45, 2.75) is 39.7 Å². The minimum absolute atomic E-state index is 0.435. The highest BCUT2D eigenvalue weighted by molar-refractivity contribution is 5.31. The molecule has 0 bridgehead atoms. The van der Waals surface area contributed by atoms with E-state index >= 15 is 0 Å². The van der Waals surface area contributed by atoms with Crippen LogP contribution in [-0.4, -0.2) is 22.9 Å². The Bertz CT molecular complexity index is 584. The van der Waals surface area contributed by atoms with Crippen LogP contribution in [0.3, 0.4) is 0 Å². The quantitative estimate of drug-likeness (QED) is 0.906. The van der Waals surface area contributed by atoms with Gasteiger partial charge in [0.2, 0.25) is 0 Å². The third-order valence-electron chi connectivity index (χ3n) is 3.93. The number of likely N-dealkylation sites (N-methyl/N-ethyl adjacent to an activating group) is 1. The summed E-state index contributed by atoms with van der Waals surface area (Å²) >= 11 is 0. The van der Waals surface area contributed by atoms with Crippen molar-refractivity contribution in [1.29, 1.82) is 0 Å². The highest BCUT2D eigenvalue weighted by Crippen LogP contribution is 2.15. The topological polar surface area (TPSA) is 29.9 Å². The molecule has 0 radical (unpaired) electrons. The second-order valence-electron chi connectivity index (χ2n) is 5.72. The molecule has 0 saturated carbocycles. The lowest BCUT2D eigenvalue weighted by Gasteiger charge is -2.18. The van der Waals surface area contributed by atoms with Crippen LogP contribution >= 0.6 is 0 Å². The van der Waals surface area contributed by atoms with E-state index in [2.05, 4.69) is 48.5 Å². The average molecular weight is 271 g/mol. The van der Waals surface area contributed by atoms with Gasteiger partial charge in [-0.05, 0) is 51.4 Å². The SMILES string of the molecule is CNC(Cc1cc(C)ccc1C)Cc1cc(C)nn1C. The molecule has 1 N–H and O–H groups in total. The number of aromatic nitrogens is 2. The zero-order valence-corrected chi connectivity index (χ0v) is 13.2. The van der Waals surface area contributed by atoms with Crippen molar-refractivity contribution in [3.8, 4) is 0 Å². The number of hydrogen-bond acceptors (Lipinski definition) is 2. The van der Waals surface area contributed by atoms with E-state index in [1.807, 2.05) is 25.7 Å². The fourth-order valence-corrected chi connectivity index (χ4v) is 2.67. The number of nitrogens with one attached hydrogen (secondary N) is 1. The lowest BCUT2D eigenvalue weighted by Crippen LogP contribution is -2.31. The second kappa shape index (κ2) is 6.23. The van der Waals surface area contributed by atoms with Gasteiger partial charge in [-0.2, -0.15) is 5.10 Å². The Morgan fingerprint density at radius 1 is 1.15 bits per heavy atom. The fraction of sp³-hybridized carbons (Fsp3) is 0.471. The first-order valence-corrected chi connectivity index (χ1v) is 7.22. The lowest BCUT2D eigenvalue weighted by molar-refractivity contribution is 0.532. The molecule has 0 aliphatic heterocycles. The molecule has 0 amide bonds. The summed E-state index contributed by atoms with van der Waals surface area (Å²) in [6.45, 7) is 6.39.